The summed E-state index contributed by atoms with van der Waals surface area (Å²) in [5.74, 6) is 1.38. The predicted molar refractivity (Wildman–Crippen MR) is 116 cm³/mol. The number of aryl methyl sites for hydroxylation is 2. The van der Waals surface area contributed by atoms with E-state index in [0.717, 1.165) is 41.0 Å². The van der Waals surface area contributed by atoms with Crippen molar-refractivity contribution < 1.29 is 9.32 Å². The van der Waals surface area contributed by atoms with Crippen molar-refractivity contribution in [1.82, 2.24) is 20.0 Å². The minimum atomic E-state index is -0.118. The lowest BCUT2D eigenvalue weighted by Crippen LogP contribution is -2.31. The Labute approximate surface area is 176 Å². The topological polar surface area (TPSA) is 75.4 Å². The second-order valence-corrected chi connectivity index (χ2v) is 8.04. The van der Waals surface area contributed by atoms with Crippen LogP contribution in [-0.2, 0) is 0 Å². The number of aromatic nitrogens is 3. The first kappa shape index (κ1) is 20.1. The lowest BCUT2D eigenvalue weighted by molar-refractivity contribution is 0.0733. The Morgan fingerprint density at radius 2 is 1.90 bits per heavy atom. The molecular weight excluding hydrogens is 378 g/mol. The first-order valence-corrected chi connectivity index (χ1v) is 10.2. The van der Waals surface area contributed by atoms with Gasteiger partial charge in [-0.3, -0.25) is 4.79 Å². The number of amides is 1. The van der Waals surface area contributed by atoms with Gasteiger partial charge in [-0.15, -0.1) is 0 Å². The maximum atomic E-state index is 13.3. The maximum Gasteiger partial charge on any atom is 0.254 e. The molecule has 0 aliphatic carbocycles. The van der Waals surface area contributed by atoms with Crippen LogP contribution in [-0.4, -0.2) is 46.6 Å². The van der Waals surface area contributed by atoms with Crippen molar-refractivity contribution in [3.05, 3.63) is 58.8 Å². The van der Waals surface area contributed by atoms with Crippen molar-refractivity contribution >= 4 is 11.6 Å². The number of carbonyl (C=O) groups is 1. The van der Waals surface area contributed by atoms with Crippen LogP contribution in [0.3, 0.4) is 0 Å². The molecule has 0 N–H and O–H groups in total. The third-order valence-electron chi connectivity index (χ3n) is 5.80. The van der Waals surface area contributed by atoms with Crippen molar-refractivity contribution in [2.24, 2.45) is 0 Å². The maximum absolute atomic E-state index is 13.3. The van der Waals surface area contributed by atoms with Gasteiger partial charge >= 0.3 is 0 Å². The van der Waals surface area contributed by atoms with E-state index in [9.17, 15) is 4.79 Å². The van der Waals surface area contributed by atoms with Crippen LogP contribution in [0.25, 0.3) is 11.3 Å². The van der Waals surface area contributed by atoms with E-state index >= 15 is 0 Å². The largest absolute Gasteiger partial charge is 0.378 e. The minimum absolute atomic E-state index is 0.0236. The van der Waals surface area contributed by atoms with Crippen LogP contribution in [0.15, 0.2) is 35.0 Å². The first-order chi connectivity index (χ1) is 14.4. The van der Waals surface area contributed by atoms with E-state index in [1.54, 1.807) is 6.20 Å². The summed E-state index contributed by atoms with van der Waals surface area (Å²) in [5, 5.41) is 4.09. The molecule has 0 saturated carbocycles. The van der Waals surface area contributed by atoms with E-state index in [0.29, 0.717) is 23.7 Å². The molecule has 156 valence electrons. The minimum Gasteiger partial charge on any atom is -0.378 e. The third-order valence-corrected chi connectivity index (χ3v) is 5.80. The molecule has 0 unspecified atom stereocenters. The number of hydrogen-bond acceptors (Lipinski definition) is 6. The lowest BCUT2D eigenvalue weighted by atomic mass is 10.0. The Bertz CT molecular complexity index is 1070. The normalized spacial score (nSPS) is 16.2. The number of hydrogen-bond donors (Lipinski definition) is 0. The molecule has 1 aromatic carbocycles. The highest BCUT2D eigenvalue weighted by Gasteiger charge is 2.34. The molecular formula is C23H27N5O2. The summed E-state index contributed by atoms with van der Waals surface area (Å²) in [6.45, 7) is 6.47. The van der Waals surface area contributed by atoms with Gasteiger partial charge < -0.3 is 14.3 Å². The summed E-state index contributed by atoms with van der Waals surface area (Å²) in [6, 6.07) is 7.61. The van der Waals surface area contributed by atoms with Gasteiger partial charge in [-0.1, -0.05) is 5.16 Å². The van der Waals surface area contributed by atoms with Crippen LogP contribution in [0.1, 0.15) is 52.0 Å². The average molecular weight is 406 g/mol. The van der Waals surface area contributed by atoms with Gasteiger partial charge in [-0.2, -0.15) is 0 Å². The zero-order valence-corrected chi connectivity index (χ0v) is 18.1. The van der Waals surface area contributed by atoms with E-state index < -0.39 is 0 Å². The lowest BCUT2D eigenvalue weighted by Gasteiger charge is -2.26. The van der Waals surface area contributed by atoms with E-state index in [1.807, 2.05) is 68.9 Å². The van der Waals surface area contributed by atoms with E-state index in [2.05, 4.69) is 10.1 Å². The molecule has 7 heteroatoms. The fourth-order valence-corrected chi connectivity index (χ4v) is 3.95. The fourth-order valence-electron chi connectivity index (χ4n) is 3.95. The molecule has 1 aliphatic heterocycles. The van der Waals surface area contributed by atoms with E-state index in [1.165, 1.54) is 0 Å². The summed E-state index contributed by atoms with van der Waals surface area (Å²) >= 11 is 0. The monoisotopic (exact) mass is 405 g/mol. The molecule has 7 nitrogen and oxygen atoms in total. The molecule has 0 bridgehead atoms. The highest BCUT2D eigenvalue weighted by atomic mass is 16.5. The fraction of sp³-hybridized carbons (Fsp3) is 0.391. The van der Waals surface area contributed by atoms with Gasteiger partial charge in [0.2, 0.25) is 0 Å². The summed E-state index contributed by atoms with van der Waals surface area (Å²) in [6.07, 6.45) is 3.58. The van der Waals surface area contributed by atoms with Gasteiger partial charge in [0, 0.05) is 43.7 Å². The van der Waals surface area contributed by atoms with Crippen molar-refractivity contribution in [3.63, 3.8) is 0 Å². The number of carbonyl (C=O) groups excluding carboxylic acids is 1. The third kappa shape index (κ3) is 3.56. The van der Waals surface area contributed by atoms with Crippen LogP contribution < -0.4 is 4.90 Å². The molecule has 1 atom stereocenters. The molecule has 1 aliphatic rings. The summed E-state index contributed by atoms with van der Waals surface area (Å²) in [4.78, 5) is 26.4. The number of nitrogens with zero attached hydrogens (tertiary/aromatic N) is 5. The Kier molecular flexibility index (Phi) is 5.28. The predicted octanol–water partition coefficient (Wildman–Crippen LogP) is 4.10. The molecule has 1 amide bonds. The number of anilines is 1. The average Bonchev–Trinajstić information content (AvgIpc) is 3.35. The summed E-state index contributed by atoms with van der Waals surface area (Å²) in [7, 11) is 3.97. The quantitative estimate of drug-likeness (QED) is 0.650. The van der Waals surface area contributed by atoms with Crippen molar-refractivity contribution in [2.45, 2.75) is 39.7 Å². The number of rotatable bonds is 4. The van der Waals surface area contributed by atoms with E-state index in [-0.39, 0.29) is 11.9 Å². The van der Waals surface area contributed by atoms with E-state index in [4.69, 9.17) is 9.51 Å². The summed E-state index contributed by atoms with van der Waals surface area (Å²) < 4.78 is 5.60. The smallest absolute Gasteiger partial charge is 0.254 e. The van der Waals surface area contributed by atoms with Gasteiger partial charge in [-0.05, 0) is 57.9 Å². The second-order valence-electron chi connectivity index (χ2n) is 8.04. The Morgan fingerprint density at radius 1 is 1.17 bits per heavy atom. The molecule has 3 heterocycles. The zero-order chi connectivity index (χ0) is 21.4. The summed E-state index contributed by atoms with van der Waals surface area (Å²) in [5.41, 5.74) is 5.21. The van der Waals surface area contributed by atoms with Crippen LogP contribution >= 0.6 is 0 Å². The Morgan fingerprint density at radius 3 is 2.53 bits per heavy atom. The molecule has 1 fully saturated rings. The number of benzene rings is 1. The number of likely N-dealkylation sites (tertiary alicyclic amines) is 1. The van der Waals surface area contributed by atoms with Crippen LogP contribution in [0.2, 0.25) is 0 Å². The molecule has 3 aromatic rings. The standard InChI is InChI=1S/C23H27N5O2/c1-14-15(2)26-30-22(14)19-13-24-16(3)25-21(19)20-7-6-12-28(20)23(29)17-8-10-18(11-9-17)27(4)5/h8-11,13,20H,6-7,12H2,1-5H3/t20-/m0/s1. The molecule has 1 saturated heterocycles. The Balaban J connectivity index is 1.71. The van der Waals surface area contributed by atoms with Crippen molar-refractivity contribution in [3.8, 4) is 11.3 Å². The highest BCUT2D eigenvalue weighted by Crippen LogP contribution is 2.38. The van der Waals surface area contributed by atoms with Gasteiger partial charge in [0.15, 0.2) is 5.76 Å². The molecule has 0 spiro atoms. The van der Waals surface area contributed by atoms with Crippen molar-refractivity contribution in [2.75, 3.05) is 25.5 Å². The molecule has 2 aromatic heterocycles. The van der Waals surface area contributed by atoms with Crippen LogP contribution in [0, 0.1) is 20.8 Å². The van der Waals surface area contributed by atoms with Gasteiger partial charge in [-0.25, -0.2) is 9.97 Å². The molecule has 0 radical (unpaired) electrons. The van der Waals surface area contributed by atoms with Gasteiger partial charge in [0.05, 0.1) is 23.0 Å². The van der Waals surface area contributed by atoms with Crippen LogP contribution in [0.4, 0.5) is 5.69 Å². The molecule has 30 heavy (non-hydrogen) atoms. The molecule has 4 rings (SSSR count). The first-order valence-electron chi connectivity index (χ1n) is 10.2. The van der Waals surface area contributed by atoms with Gasteiger partial charge in [0.1, 0.15) is 5.82 Å². The van der Waals surface area contributed by atoms with Crippen molar-refractivity contribution in [1.29, 1.82) is 0 Å². The van der Waals surface area contributed by atoms with Gasteiger partial charge in [0.25, 0.3) is 5.91 Å². The Hall–Kier alpha value is -3.22. The zero-order valence-electron chi connectivity index (χ0n) is 18.1. The van der Waals surface area contributed by atoms with Crippen LogP contribution in [0.5, 0.6) is 0 Å². The SMILES string of the molecule is Cc1ncc(-c2onc(C)c2C)c([C@@H]2CCCN2C(=O)c2ccc(N(C)C)cc2)n1. The highest BCUT2D eigenvalue weighted by molar-refractivity contribution is 5.95. The second kappa shape index (κ2) is 7.89.